The molecule has 0 bridgehead atoms. The molecule has 1 fully saturated rings. The number of carbonyl (C=O) groups is 2. The number of hydrogen-bond acceptors (Lipinski definition) is 8. The fraction of sp³-hybridized carbons (Fsp3) is 0.385. The number of likely N-dealkylation sites (tertiary alicyclic amines) is 1. The molecule has 1 aromatic carbocycles. The molecule has 1 amide bonds. The van der Waals surface area contributed by atoms with Crippen LogP contribution in [-0.4, -0.2) is 79.3 Å². The Morgan fingerprint density at radius 3 is 2.78 bits per heavy atom. The van der Waals surface area contributed by atoms with E-state index in [-0.39, 0.29) is 23.4 Å². The van der Waals surface area contributed by atoms with Gasteiger partial charge in [0.25, 0.3) is 5.91 Å². The van der Waals surface area contributed by atoms with Gasteiger partial charge in [-0.2, -0.15) is 0 Å². The third-order valence-electron chi connectivity index (χ3n) is 6.72. The zero-order valence-corrected chi connectivity index (χ0v) is 22.2. The Hall–Kier alpha value is -3.05. The van der Waals surface area contributed by atoms with Gasteiger partial charge in [0.1, 0.15) is 22.5 Å². The molecule has 1 aliphatic rings. The van der Waals surface area contributed by atoms with Crippen LogP contribution in [-0.2, 0) is 4.79 Å². The summed E-state index contributed by atoms with van der Waals surface area (Å²) in [6.07, 6.45) is 3.19. The number of anilines is 1. The summed E-state index contributed by atoms with van der Waals surface area (Å²) in [4.78, 5) is 47.9. The van der Waals surface area contributed by atoms with Gasteiger partial charge in [-0.05, 0) is 63.3 Å². The number of rotatable bonds is 10. The third kappa shape index (κ3) is 5.06. The fourth-order valence-corrected chi connectivity index (χ4v) is 6.30. The van der Waals surface area contributed by atoms with E-state index in [1.165, 1.54) is 24.2 Å². The van der Waals surface area contributed by atoms with Gasteiger partial charge in [0, 0.05) is 31.2 Å². The van der Waals surface area contributed by atoms with Crippen LogP contribution in [0.15, 0.2) is 35.1 Å². The topological polar surface area (TPSA) is 99.0 Å². The molecule has 9 nitrogen and oxygen atoms in total. The molecule has 5 rings (SSSR count). The number of thiazole rings is 1. The van der Waals surface area contributed by atoms with Crippen LogP contribution in [0, 0.1) is 0 Å². The van der Waals surface area contributed by atoms with Crippen LogP contribution in [0.3, 0.4) is 0 Å². The second kappa shape index (κ2) is 11.1. The van der Waals surface area contributed by atoms with Gasteiger partial charge < -0.3 is 25.2 Å². The Kier molecular flexibility index (Phi) is 7.71. The van der Waals surface area contributed by atoms with Gasteiger partial charge in [0.05, 0.1) is 22.1 Å². The van der Waals surface area contributed by atoms with Gasteiger partial charge in [0.2, 0.25) is 5.43 Å². The Labute approximate surface area is 223 Å². The summed E-state index contributed by atoms with van der Waals surface area (Å²) in [5.41, 5.74) is 1.01. The number of likely N-dealkylation sites (N-methyl/N-ethyl adjacent to an activating group) is 1. The molecule has 0 radical (unpaired) electrons. The van der Waals surface area contributed by atoms with Crippen molar-refractivity contribution in [2.75, 3.05) is 57.8 Å². The van der Waals surface area contributed by atoms with Crippen molar-refractivity contribution >= 4 is 67.0 Å². The number of pyridine rings is 2. The molecule has 3 aromatic heterocycles. The van der Waals surface area contributed by atoms with Gasteiger partial charge >= 0.3 is 0 Å². The number of nitrogens with zero attached hydrogens (tertiary/aromatic N) is 4. The molecular weight excluding hydrogens is 512 g/mol. The average molecular weight is 541 g/mol. The minimum absolute atomic E-state index is 0.112. The highest BCUT2D eigenvalue weighted by Crippen LogP contribution is 2.33. The number of halogens is 1. The molecule has 0 saturated carbocycles. The normalized spacial score (nSPS) is 14.1. The number of carbonyl (C=O) groups excluding carboxylic acids is 2. The Morgan fingerprint density at radius 1 is 1.22 bits per heavy atom. The summed E-state index contributed by atoms with van der Waals surface area (Å²) in [5, 5.41) is 6.96. The van der Waals surface area contributed by atoms with Crippen molar-refractivity contribution in [3.05, 3.63) is 51.1 Å². The molecular formula is C26H29ClN6O3S. The molecule has 2 N–H and O–H groups in total. The lowest BCUT2D eigenvalue weighted by atomic mass is 10.1. The van der Waals surface area contributed by atoms with E-state index in [0.717, 1.165) is 36.1 Å². The lowest BCUT2D eigenvalue weighted by Gasteiger charge is -2.21. The molecule has 1 saturated heterocycles. The van der Waals surface area contributed by atoms with E-state index in [1.807, 2.05) is 28.5 Å². The monoisotopic (exact) mass is 540 g/mol. The van der Waals surface area contributed by atoms with Crippen molar-refractivity contribution in [2.24, 2.45) is 0 Å². The van der Waals surface area contributed by atoms with Gasteiger partial charge in [-0.3, -0.25) is 14.0 Å². The predicted molar refractivity (Wildman–Crippen MR) is 150 cm³/mol. The first kappa shape index (κ1) is 25.6. The summed E-state index contributed by atoms with van der Waals surface area (Å²) < 4.78 is 2.71. The van der Waals surface area contributed by atoms with E-state index < -0.39 is 0 Å². The van der Waals surface area contributed by atoms with Gasteiger partial charge in [-0.25, -0.2) is 4.98 Å². The van der Waals surface area contributed by atoms with Crippen LogP contribution in [0.4, 0.5) is 5.82 Å². The first-order valence-electron chi connectivity index (χ1n) is 12.4. The van der Waals surface area contributed by atoms with Crippen LogP contribution in [0.1, 0.15) is 23.2 Å². The van der Waals surface area contributed by atoms with Gasteiger partial charge in [-0.1, -0.05) is 11.6 Å². The lowest BCUT2D eigenvalue weighted by Crippen LogP contribution is -2.36. The van der Waals surface area contributed by atoms with Crippen LogP contribution >= 0.6 is 22.9 Å². The van der Waals surface area contributed by atoms with Crippen molar-refractivity contribution in [1.82, 2.24) is 24.9 Å². The number of nitrogens with one attached hydrogen (secondary N) is 2. The van der Waals surface area contributed by atoms with Crippen molar-refractivity contribution in [2.45, 2.75) is 12.8 Å². The second-order valence-corrected chi connectivity index (χ2v) is 10.6. The van der Waals surface area contributed by atoms with E-state index >= 15 is 0 Å². The molecule has 4 heterocycles. The smallest absolute Gasteiger partial charge is 0.258 e. The maximum absolute atomic E-state index is 13.7. The van der Waals surface area contributed by atoms with Crippen LogP contribution in [0.5, 0.6) is 0 Å². The molecule has 194 valence electrons. The number of benzene rings is 1. The Balaban J connectivity index is 1.65. The molecule has 11 heteroatoms. The zero-order chi connectivity index (χ0) is 25.9. The van der Waals surface area contributed by atoms with Crippen LogP contribution in [0.25, 0.3) is 26.1 Å². The van der Waals surface area contributed by atoms with Crippen LogP contribution in [0.2, 0.25) is 5.02 Å². The second-order valence-electron chi connectivity index (χ2n) is 9.12. The predicted octanol–water partition coefficient (Wildman–Crippen LogP) is 2.77. The maximum atomic E-state index is 13.7. The minimum Gasteiger partial charge on any atom is -0.351 e. The number of hydrogen-bond donors (Lipinski definition) is 2. The largest absolute Gasteiger partial charge is 0.351 e. The first-order valence-corrected chi connectivity index (χ1v) is 13.6. The van der Waals surface area contributed by atoms with Gasteiger partial charge in [0.15, 0.2) is 5.65 Å². The average Bonchev–Trinajstić information content (AvgIpc) is 3.54. The Morgan fingerprint density at radius 2 is 2.03 bits per heavy atom. The van der Waals surface area contributed by atoms with Crippen molar-refractivity contribution in [1.29, 1.82) is 0 Å². The lowest BCUT2D eigenvalue weighted by molar-refractivity contribution is -0.106. The quantitative estimate of drug-likeness (QED) is 0.298. The molecule has 0 atom stereocenters. The summed E-state index contributed by atoms with van der Waals surface area (Å²) >= 11 is 7.61. The Bertz CT molecular complexity index is 1530. The number of aromatic nitrogens is 2. The standard InChI is InChI=1S/C26H29ClN6O3S/c1-28-8-13-32(14-15-34)21-7-5-18-23(35)22(25(36)29-9-12-31-10-2-3-11-31)26-33(24(18)30-21)19-6-4-17(27)16-20(19)37-26/h4-7,15-16,28H,2-3,8-14H2,1H3,(H,29,36). The summed E-state index contributed by atoms with van der Waals surface area (Å²) in [6.45, 7) is 4.73. The van der Waals surface area contributed by atoms with E-state index in [0.29, 0.717) is 46.3 Å². The molecule has 1 aliphatic heterocycles. The van der Waals surface area contributed by atoms with Crippen molar-refractivity contribution in [3.8, 4) is 0 Å². The SMILES string of the molecule is CNCCN(CC=O)c1ccc2c(=O)c(C(=O)NCCN3CCCC3)c3sc4cc(Cl)ccc4n3c2n1. The molecule has 0 aliphatic carbocycles. The molecule has 0 unspecified atom stereocenters. The zero-order valence-electron chi connectivity index (χ0n) is 20.6. The number of fused-ring (bicyclic) bond motifs is 5. The summed E-state index contributed by atoms with van der Waals surface area (Å²) in [7, 11) is 1.84. The highest BCUT2D eigenvalue weighted by Gasteiger charge is 2.24. The van der Waals surface area contributed by atoms with Crippen molar-refractivity contribution < 1.29 is 9.59 Å². The van der Waals surface area contributed by atoms with Crippen LogP contribution < -0.4 is 21.0 Å². The molecule has 37 heavy (non-hydrogen) atoms. The van der Waals surface area contributed by atoms with Gasteiger partial charge in [-0.15, -0.1) is 11.3 Å². The number of amides is 1. The maximum Gasteiger partial charge on any atom is 0.258 e. The van der Waals surface area contributed by atoms with E-state index in [9.17, 15) is 14.4 Å². The first-order chi connectivity index (χ1) is 18.0. The summed E-state index contributed by atoms with van der Waals surface area (Å²) in [6, 6.07) is 8.92. The fourth-order valence-electron chi connectivity index (χ4n) is 4.84. The highest BCUT2D eigenvalue weighted by molar-refractivity contribution is 7.24. The highest BCUT2D eigenvalue weighted by atomic mass is 35.5. The molecule has 4 aromatic rings. The van der Waals surface area contributed by atoms with E-state index in [2.05, 4.69) is 15.5 Å². The minimum atomic E-state index is -0.387. The molecule has 0 spiro atoms. The number of aldehydes is 1. The van der Waals surface area contributed by atoms with E-state index in [1.54, 1.807) is 18.2 Å². The third-order valence-corrected chi connectivity index (χ3v) is 8.08. The van der Waals surface area contributed by atoms with Crippen molar-refractivity contribution in [3.63, 3.8) is 0 Å². The summed E-state index contributed by atoms with van der Waals surface area (Å²) in [5.74, 6) is 0.195. The van der Waals surface area contributed by atoms with E-state index in [4.69, 9.17) is 16.6 Å².